The van der Waals surface area contributed by atoms with Crippen LogP contribution in [0, 0.1) is 57.7 Å². The lowest BCUT2D eigenvalue weighted by Gasteiger charge is -2.30. The topological polar surface area (TPSA) is 136 Å². The van der Waals surface area contributed by atoms with Gasteiger partial charge in [-0.3, -0.25) is 9.59 Å². The van der Waals surface area contributed by atoms with Crippen LogP contribution in [-0.2, 0) is 29.2 Å². The minimum absolute atomic E-state index is 0.140. The molecule has 2 aliphatic carbocycles. The van der Waals surface area contributed by atoms with E-state index in [1.165, 1.54) is 0 Å². The Hall–Kier alpha value is -1.33. The molecule has 208 valence electrons. The van der Waals surface area contributed by atoms with Gasteiger partial charge in [0.05, 0.1) is 17.4 Å². The van der Waals surface area contributed by atoms with Gasteiger partial charge in [0.15, 0.2) is 11.6 Å². The fourth-order valence-corrected chi connectivity index (χ4v) is 8.42. The minimum Gasteiger partial charge on any atom is -0.744 e. The predicted molar refractivity (Wildman–Crippen MR) is 142 cm³/mol. The first-order valence-corrected chi connectivity index (χ1v) is 15.4. The number of benzene rings is 2. The second-order valence-corrected chi connectivity index (χ2v) is 13.7. The van der Waals surface area contributed by atoms with Crippen molar-refractivity contribution >= 4 is 95.8 Å². The van der Waals surface area contributed by atoms with E-state index in [0.717, 1.165) is 7.14 Å². The number of hydrogen-bond acceptors (Lipinski definition) is 9. The fourth-order valence-electron chi connectivity index (χ4n) is 5.43. The number of carbonyl (C=O) groups excluding carboxylic acids is 3. The lowest BCUT2D eigenvalue weighted by atomic mass is 9.78. The van der Waals surface area contributed by atoms with Crippen LogP contribution in [0.15, 0.2) is 17.0 Å². The van der Waals surface area contributed by atoms with Gasteiger partial charge >= 0.3 is 17.9 Å². The summed E-state index contributed by atoms with van der Waals surface area (Å²) in [5, 5.41) is 0. The second-order valence-electron chi connectivity index (χ2n) is 8.92. The Bertz CT molecular complexity index is 1560. The van der Waals surface area contributed by atoms with Crippen molar-refractivity contribution in [3.63, 3.8) is 0 Å². The first-order valence-electron chi connectivity index (χ1n) is 10.7. The summed E-state index contributed by atoms with van der Waals surface area (Å²) in [7, 11) is -5.97. The van der Waals surface area contributed by atoms with E-state index in [1.807, 2.05) is 73.8 Å². The number of halogens is 7. The molecule has 17 heteroatoms. The van der Waals surface area contributed by atoms with Crippen LogP contribution in [0.4, 0.5) is 17.6 Å². The van der Waals surface area contributed by atoms with Crippen LogP contribution in [0.5, 0.6) is 5.75 Å². The van der Waals surface area contributed by atoms with Crippen LogP contribution in [0.2, 0.25) is 0 Å². The van der Waals surface area contributed by atoms with Gasteiger partial charge in [0.2, 0.25) is 17.4 Å². The molecule has 0 radical (unpaired) electrons. The molecule has 2 aromatic rings. The van der Waals surface area contributed by atoms with Gasteiger partial charge in [0.1, 0.15) is 27.2 Å². The average Bonchev–Trinajstić information content (AvgIpc) is 3.45. The molecule has 6 unspecified atom stereocenters. The minimum atomic E-state index is -5.97. The van der Waals surface area contributed by atoms with Gasteiger partial charge in [0.25, 0.3) is 0 Å². The zero-order valence-corrected chi connectivity index (χ0v) is 25.8. The van der Waals surface area contributed by atoms with Crippen LogP contribution in [0.3, 0.4) is 0 Å². The second kappa shape index (κ2) is 10.2. The molecule has 3 fully saturated rings. The van der Waals surface area contributed by atoms with Crippen LogP contribution >= 0.6 is 67.8 Å². The zero-order valence-electron chi connectivity index (χ0n) is 18.6. The molecule has 1 saturated heterocycles. The molecule has 2 saturated carbocycles. The van der Waals surface area contributed by atoms with E-state index in [-0.39, 0.29) is 12.0 Å². The SMILES string of the molecule is O=C(OC1C2CC3C1OC(=O)C3C2C(=O)Oc1c(F)c(F)c(S(=O)(=O)[O-])c(F)c1F)c1cc(I)cc(I)c1I. The number of carbonyl (C=O) groups is 3. The highest BCUT2D eigenvalue weighted by atomic mass is 127. The van der Waals surface area contributed by atoms with E-state index in [2.05, 4.69) is 4.74 Å². The number of esters is 3. The summed E-state index contributed by atoms with van der Waals surface area (Å²) in [4.78, 5) is 36.3. The normalized spacial score (nSPS) is 27.0. The summed E-state index contributed by atoms with van der Waals surface area (Å²) in [6, 6.07) is 3.41. The molecule has 0 spiro atoms. The molecule has 5 rings (SSSR count). The summed E-state index contributed by atoms with van der Waals surface area (Å²) in [5.41, 5.74) is 0.221. The summed E-state index contributed by atoms with van der Waals surface area (Å²) in [5.74, 6) is -19.2. The van der Waals surface area contributed by atoms with E-state index in [4.69, 9.17) is 9.47 Å². The summed E-state index contributed by atoms with van der Waals surface area (Å²) >= 11 is 6.00. The maximum absolute atomic E-state index is 14.4. The molecule has 0 N–H and O–H groups in total. The molecule has 2 bridgehead atoms. The van der Waals surface area contributed by atoms with Crippen LogP contribution in [0.25, 0.3) is 0 Å². The van der Waals surface area contributed by atoms with Gasteiger partial charge < -0.3 is 18.8 Å². The van der Waals surface area contributed by atoms with Crippen molar-refractivity contribution in [3.8, 4) is 5.75 Å². The molecule has 2 aromatic carbocycles. The number of rotatable bonds is 5. The fraction of sp³-hybridized carbons (Fsp3) is 0.318. The quantitative estimate of drug-likeness (QED) is 0.109. The van der Waals surface area contributed by atoms with Gasteiger partial charge in [-0.25, -0.2) is 22.0 Å². The molecule has 0 aromatic heterocycles. The van der Waals surface area contributed by atoms with Crippen molar-refractivity contribution in [1.82, 2.24) is 0 Å². The third-order valence-corrected chi connectivity index (χ3v) is 11.4. The standard InChI is InChI=1S/C22H11F4I3O9S/c23-11-13(25)19(39(33,34)35)14(26)12(24)18(11)38-22(32)10-5-3-6-9(10)21(31)37-17(6)16(5)36-20(30)7-1-4(27)2-8(28)15(7)29/h1-2,5-6,9-10,16-17H,3H2,(H,33,34,35)/p-1. The summed E-state index contributed by atoms with van der Waals surface area (Å²) in [6.45, 7) is 0. The number of ether oxygens (including phenoxy) is 3. The first-order chi connectivity index (χ1) is 18.1. The highest BCUT2D eigenvalue weighted by Gasteiger charge is 2.70. The van der Waals surface area contributed by atoms with E-state index >= 15 is 0 Å². The highest BCUT2D eigenvalue weighted by Crippen LogP contribution is 2.59. The smallest absolute Gasteiger partial charge is 0.339 e. The Morgan fingerprint density at radius 2 is 1.62 bits per heavy atom. The third-order valence-electron chi connectivity index (χ3n) is 6.91. The van der Waals surface area contributed by atoms with Crippen molar-refractivity contribution in [3.05, 3.63) is 51.7 Å². The highest BCUT2D eigenvalue weighted by molar-refractivity contribution is 14.1. The van der Waals surface area contributed by atoms with Crippen molar-refractivity contribution in [2.75, 3.05) is 0 Å². The molecule has 6 atom stereocenters. The van der Waals surface area contributed by atoms with Gasteiger partial charge in [0, 0.05) is 22.5 Å². The van der Waals surface area contributed by atoms with Gasteiger partial charge in [-0.15, -0.1) is 0 Å². The summed E-state index contributed by atoms with van der Waals surface area (Å²) < 4.78 is 108. The molecule has 0 amide bonds. The van der Waals surface area contributed by atoms with Crippen molar-refractivity contribution < 1.29 is 59.1 Å². The Kier molecular flexibility index (Phi) is 7.62. The van der Waals surface area contributed by atoms with Crippen molar-refractivity contribution in [2.24, 2.45) is 23.7 Å². The van der Waals surface area contributed by atoms with E-state index in [0.29, 0.717) is 3.57 Å². The maximum atomic E-state index is 14.4. The number of hydrogen-bond donors (Lipinski definition) is 0. The van der Waals surface area contributed by atoms with Crippen LogP contribution in [0.1, 0.15) is 16.8 Å². The zero-order chi connectivity index (χ0) is 28.7. The van der Waals surface area contributed by atoms with E-state index < -0.39 is 97.8 Å². The molecule has 1 heterocycles. The lowest BCUT2D eigenvalue weighted by Crippen LogP contribution is -2.44. The molecule has 3 aliphatic rings. The number of fused-ring (bicyclic) bond motifs is 1. The molecular formula is C22H10F4I3O9S-. The van der Waals surface area contributed by atoms with Gasteiger partial charge in [-0.05, 0) is 86.3 Å². The Morgan fingerprint density at radius 1 is 1.00 bits per heavy atom. The third kappa shape index (κ3) is 4.72. The molecule has 1 aliphatic heterocycles. The van der Waals surface area contributed by atoms with Crippen LogP contribution in [-0.4, -0.2) is 43.1 Å². The maximum Gasteiger partial charge on any atom is 0.339 e. The molecule has 39 heavy (non-hydrogen) atoms. The summed E-state index contributed by atoms with van der Waals surface area (Å²) in [6.07, 6.45) is -1.88. The van der Waals surface area contributed by atoms with Gasteiger partial charge in [-0.2, -0.15) is 8.78 Å². The van der Waals surface area contributed by atoms with Gasteiger partial charge in [-0.1, -0.05) is 0 Å². The van der Waals surface area contributed by atoms with Crippen LogP contribution < -0.4 is 4.74 Å². The Balaban J connectivity index is 1.45. The molecule has 9 nitrogen and oxygen atoms in total. The first kappa shape index (κ1) is 29.2. The Labute approximate surface area is 257 Å². The molecular weight excluding hydrogens is 897 g/mol. The largest absolute Gasteiger partial charge is 0.744 e. The lowest BCUT2D eigenvalue weighted by molar-refractivity contribution is -0.150. The monoisotopic (exact) mass is 907 g/mol. The Morgan fingerprint density at radius 3 is 2.21 bits per heavy atom. The predicted octanol–water partition coefficient (Wildman–Crippen LogP) is 3.90. The van der Waals surface area contributed by atoms with Crippen molar-refractivity contribution in [2.45, 2.75) is 23.5 Å². The van der Waals surface area contributed by atoms with E-state index in [1.54, 1.807) is 6.07 Å². The van der Waals surface area contributed by atoms with E-state index in [9.17, 15) is 44.9 Å². The van der Waals surface area contributed by atoms with Crippen molar-refractivity contribution in [1.29, 1.82) is 0 Å². The average molecular weight is 907 g/mol.